The number of rotatable bonds is 5. The average Bonchev–Trinajstić information content (AvgIpc) is 2.27. The smallest absolute Gasteiger partial charge is 0.269 e. The predicted molar refractivity (Wildman–Crippen MR) is 64.7 cm³/mol. The van der Waals surface area contributed by atoms with E-state index in [9.17, 15) is 4.79 Å². The van der Waals surface area contributed by atoms with Gasteiger partial charge in [-0.15, -0.1) is 0 Å². The van der Waals surface area contributed by atoms with E-state index in [4.69, 9.17) is 11.6 Å². The van der Waals surface area contributed by atoms with E-state index in [1.807, 2.05) is 7.05 Å². The summed E-state index contributed by atoms with van der Waals surface area (Å²) in [5, 5.41) is 6.40. The van der Waals surface area contributed by atoms with Gasteiger partial charge in [0.15, 0.2) is 0 Å². The molecule has 0 aliphatic heterocycles. The standard InChI is InChI=1S/C11H16ClN3O/c1-8(5-13-2)6-15-11(16)10-4-3-9(12)7-14-10/h3-4,7-8,13H,5-6H2,1-2H3,(H,15,16). The maximum Gasteiger partial charge on any atom is 0.269 e. The first kappa shape index (κ1) is 12.9. The quantitative estimate of drug-likeness (QED) is 0.818. The molecule has 4 nitrogen and oxygen atoms in total. The fourth-order valence-corrected chi connectivity index (χ4v) is 1.40. The maximum atomic E-state index is 11.6. The second kappa shape index (κ2) is 6.45. The van der Waals surface area contributed by atoms with Gasteiger partial charge in [-0.3, -0.25) is 4.79 Å². The Kier molecular flexibility index (Phi) is 5.22. The van der Waals surface area contributed by atoms with Gasteiger partial charge < -0.3 is 10.6 Å². The topological polar surface area (TPSA) is 54.0 Å². The van der Waals surface area contributed by atoms with Crippen molar-refractivity contribution in [3.63, 3.8) is 0 Å². The molecule has 1 rings (SSSR count). The molecule has 1 amide bonds. The van der Waals surface area contributed by atoms with Crippen LogP contribution in [0.25, 0.3) is 0 Å². The first-order valence-corrected chi connectivity index (χ1v) is 5.55. The van der Waals surface area contributed by atoms with Gasteiger partial charge in [0.25, 0.3) is 5.91 Å². The third-order valence-electron chi connectivity index (χ3n) is 2.12. The van der Waals surface area contributed by atoms with E-state index in [1.54, 1.807) is 12.1 Å². The number of nitrogens with zero attached hydrogens (tertiary/aromatic N) is 1. The molecule has 2 N–H and O–H groups in total. The molecule has 0 spiro atoms. The van der Waals surface area contributed by atoms with E-state index in [0.717, 1.165) is 6.54 Å². The van der Waals surface area contributed by atoms with Crippen molar-refractivity contribution in [1.82, 2.24) is 15.6 Å². The van der Waals surface area contributed by atoms with Gasteiger partial charge in [0.05, 0.1) is 5.02 Å². The number of halogens is 1. The Morgan fingerprint density at radius 2 is 2.25 bits per heavy atom. The molecule has 0 saturated carbocycles. The summed E-state index contributed by atoms with van der Waals surface area (Å²) in [4.78, 5) is 15.6. The summed E-state index contributed by atoms with van der Waals surface area (Å²) in [6.07, 6.45) is 1.47. The lowest BCUT2D eigenvalue weighted by Gasteiger charge is -2.11. The number of nitrogens with one attached hydrogen (secondary N) is 2. The van der Waals surface area contributed by atoms with Crippen molar-refractivity contribution in [1.29, 1.82) is 0 Å². The van der Waals surface area contributed by atoms with Gasteiger partial charge in [-0.05, 0) is 31.6 Å². The van der Waals surface area contributed by atoms with E-state index in [0.29, 0.717) is 23.2 Å². The molecule has 1 aromatic rings. The summed E-state index contributed by atoms with van der Waals surface area (Å²) in [7, 11) is 1.89. The molecule has 5 heteroatoms. The SMILES string of the molecule is CNCC(C)CNC(=O)c1ccc(Cl)cn1. The fraction of sp³-hybridized carbons (Fsp3) is 0.455. The predicted octanol–water partition coefficient (Wildman–Crippen LogP) is 1.32. The lowest BCUT2D eigenvalue weighted by Crippen LogP contribution is -2.32. The molecule has 88 valence electrons. The highest BCUT2D eigenvalue weighted by atomic mass is 35.5. The van der Waals surface area contributed by atoms with Gasteiger partial charge >= 0.3 is 0 Å². The van der Waals surface area contributed by atoms with Crippen LogP contribution in [0.15, 0.2) is 18.3 Å². The second-order valence-electron chi connectivity index (χ2n) is 3.73. The van der Waals surface area contributed by atoms with Crippen molar-refractivity contribution in [3.05, 3.63) is 29.0 Å². The molecule has 1 atom stereocenters. The van der Waals surface area contributed by atoms with Crippen LogP contribution in [-0.2, 0) is 0 Å². The summed E-state index contributed by atoms with van der Waals surface area (Å²) in [5.74, 6) is 0.223. The minimum Gasteiger partial charge on any atom is -0.350 e. The zero-order chi connectivity index (χ0) is 12.0. The van der Waals surface area contributed by atoms with Crippen LogP contribution in [0.2, 0.25) is 5.02 Å². The van der Waals surface area contributed by atoms with Crippen LogP contribution >= 0.6 is 11.6 Å². The zero-order valence-electron chi connectivity index (χ0n) is 9.46. The van der Waals surface area contributed by atoms with Crippen LogP contribution in [0.5, 0.6) is 0 Å². The minimum absolute atomic E-state index is 0.167. The van der Waals surface area contributed by atoms with E-state index < -0.39 is 0 Å². The molecule has 1 unspecified atom stereocenters. The number of hydrogen-bond acceptors (Lipinski definition) is 3. The number of aromatic nitrogens is 1. The van der Waals surface area contributed by atoms with Gasteiger partial charge in [0.2, 0.25) is 0 Å². The fourth-order valence-electron chi connectivity index (χ4n) is 1.29. The van der Waals surface area contributed by atoms with Crippen LogP contribution in [0.4, 0.5) is 0 Å². The molecule has 0 fully saturated rings. The average molecular weight is 242 g/mol. The number of carbonyl (C=O) groups is 1. The van der Waals surface area contributed by atoms with E-state index in [1.165, 1.54) is 6.20 Å². The maximum absolute atomic E-state index is 11.6. The largest absolute Gasteiger partial charge is 0.350 e. The van der Waals surface area contributed by atoms with Gasteiger partial charge in [0.1, 0.15) is 5.69 Å². The van der Waals surface area contributed by atoms with Crippen molar-refractivity contribution in [2.75, 3.05) is 20.1 Å². The van der Waals surface area contributed by atoms with Crippen molar-refractivity contribution in [3.8, 4) is 0 Å². The zero-order valence-corrected chi connectivity index (χ0v) is 10.2. The Balaban J connectivity index is 2.43. The second-order valence-corrected chi connectivity index (χ2v) is 4.17. The molecule has 0 bridgehead atoms. The Labute approximate surface area is 100 Å². The molecule has 0 aliphatic rings. The summed E-state index contributed by atoms with van der Waals surface area (Å²) in [5.41, 5.74) is 0.390. The number of amides is 1. The molecule has 16 heavy (non-hydrogen) atoms. The third kappa shape index (κ3) is 4.16. The van der Waals surface area contributed by atoms with Gasteiger partial charge in [-0.1, -0.05) is 18.5 Å². The summed E-state index contributed by atoms with van der Waals surface area (Å²) in [6, 6.07) is 3.26. The number of pyridine rings is 1. The number of hydrogen-bond donors (Lipinski definition) is 2. The van der Waals surface area contributed by atoms with Crippen LogP contribution in [-0.4, -0.2) is 31.0 Å². The third-order valence-corrected chi connectivity index (χ3v) is 2.35. The molecule has 1 heterocycles. The highest BCUT2D eigenvalue weighted by Gasteiger charge is 2.08. The first-order valence-electron chi connectivity index (χ1n) is 5.18. The summed E-state index contributed by atoms with van der Waals surface area (Å²) < 4.78 is 0. The number of carbonyl (C=O) groups excluding carboxylic acids is 1. The van der Waals surface area contributed by atoms with Gasteiger partial charge in [0, 0.05) is 12.7 Å². The lowest BCUT2D eigenvalue weighted by atomic mass is 10.2. The Bertz CT molecular complexity index is 340. The lowest BCUT2D eigenvalue weighted by molar-refractivity contribution is 0.0943. The molecule has 1 aromatic heterocycles. The monoisotopic (exact) mass is 241 g/mol. The van der Waals surface area contributed by atoms with Crippen molar-refractivity contribution < 1.29 is 4.79 Å². The van der Waals surface area contributed by atoms with Crippen LogP contribution in [0.3, 0.4) is 0 Å². The first-order chi connectivity index (χ1) is 7.63. The van der Waals surface area contributed by atoms with Gasteiger partial charge in [-0.2, -0.15) is 0 Å². The Hall–Kier alpha value is -1.13. The molecular weight excluding hydrogens is 226 g/mol. The summed E-state index contributed by atoms with van der Waals surface area (Å²) >= 11 is 5.68. The van der Waals surface area contributed by atoms with Crippen LogP contribution in [0.1, 0.15) is 17.4 Å². The van der Waals surface area contributed by atoms with E-state index in [-0.39, 0.29) is 5.91 Å². The normalized spacial score (nSPS) is 12.2. The highest BCUT2D eigenvalue weighted by Crippen LogP contribution is 2.05. The Morgan fingerprint density at radius 3 is 2.81 bits per heavy atom. The summed E-state index contributed by atoms with van der Waals surface area (Å²) in [6.45, 7) is 3.56. The van der Waals surface area contributed by atoms with Gasteiger partial charge in [-0.25, -0.2) is 4.98 Å². The molecule has 0 aromatic carbocycles. The highest BCUT2D eigenvalue weighted by molar-refractivity contribution is 6.30. The Morgan fingerprint density at radius 1 is 1.50 bits per heavy atom. The molecule has 0 radical (unpaired) electrons. The van der Waals surface area contributed by atoms with Crippen LogP contribution in [0, 0.1) is 5.92 Å². The molecule has 0 aliphatic carbocycles. The van der Waals surface area contributed by atoms with Crippen molar-refractivity contribution in [2.45, 2.75) is 6.92 Å². The molecule has 0 saturated heterocycles. The van der Waals surface area contributed by atoms with Crippen molar-refractivity contribution >= 4 is 17.5 Å². The van der Waals surface area contributed by atoms with Crippen LogP contribution < -0.4 is 10.6 Å². The van der Waals surface area contributed by atoms with Crippen molar-refractivity contribution in [2.24, 2.45) is 5.92 Å². The van der Waals surface area contributed by atoms with E-state index >= 15 is 0 Å². The molecular formula is C11H16ClN3O. The minimum atomic E-state index is -0.167. The van der Waals surface area contributed by atoms with E-state index in [2.05, 4.69) is 22.5 Å².